The zero-order valence-corrected chi connectivity index (χ0v) is 13.6. The lowest BCUT2D eigenvalue weighted by Gasteiger charge is -2.34. The topological polar surface area (TPSA) is 52.7 Å². The summed E-state index contributed by atoms with van der Waals surface area (Å²) in [5.41, 5.74) is 0.689. The smallest absolute Gasteiger partial charge is 0.318 e. The Balaban J connectivity index is 1.83. The van der Waals surface area contributed by atoms with Gasteiger partial charge in [0.15, 0.2) is 0 Å². The van der Waals surface area contributed by atoms with Crippen molar-refractivity contribution in [3.63, 3.8) is 0 Å². The van der Waals surface area contributed by atoms with E-state index < -0.39 is 0 Å². The Bertz CT molecular complexity index is 668. The first kappa shape index (κ1) is 17.5. The summed E-state index contributed by atoms with van der Waals surface area (Å²) in [7, 11) is 0. The molecule has 0 aromatic heterocycles. The predicted molar refractivity (Wildman–Crippen MR) is 89.6 cm³/mol. The molecular weight excluding hydrogens is 309 g/mol. The lowest BCUT2D eigenvalue weighted by Crippen LogP contribution is -2.53. The van der Waals surface area contributed by atoms with Gasteiger partial charge in [-0.25, -0.2) is 9.18 Å². The summed E-state index contributed by atoms with van der Waals surface area (Å²) in [6.07, 6.45) is 1.28. The molecule has 1 saturated heterocycles. The van der Waals surface area contributed by atoms with Crippen molar-refractivity contribution in [2.75, 3.05) is 26.2 Å². The summed E-state index contributed by atoms with van der Waals surface area (Å²) in [5.74, 6) is 5.38. The lowest BCUT2D eigenvalue weighted by atomic mass is 10.2. The minimum Gasteiger partial charge on any atom is -0.336 e. The third-order valence-electron chi connectivity index (χ3n) is 3.67. The molecule has 1 unspecified atom stereocenters. The molecule has 6 heteroatoms. The first-order valence-corrected chi connectivity index (χ1v) is 7.73. The van der Waals surface area contributed by atoms with Crippen molar-refractivity contribution in [1.82, 2.24) is 15.1 Å². The van der Waals surface area contributed by atoms with Crippen molar-refractivity contribution in [2.45, 2.75) is 13.0 Å². The molecule has 2 rings (SSSR count). The van der Waals surface area contributed by atoms with Gasteiger partial charge in [0, 0.05) is 31.7 Å². The SMILES string of the molecule is C=CC(=O)N1CCN(C(=O)NC(C)C#Cc2ccc(F)cc2)CC1. The summed E-state index contributed by atoms with van der Waals surface area (Å²) in [5, 5.41) is 2.80. The fourth-order valence-electron chi connectivity index (χ4n) is 2.30. The van der Waals surface area contributed by atoms with Crippen LogP contribution in [0.25, 0.3) is 0 Å². The van der Waals surface area contributed by atoms with Crippen LogP contribution in [0.3, 0.4) is 0 Å². The molecule has 1 aromatic carbocycles. The molecule has 1 heterocycles. The van der Waals surface area contributed by atoms with Crippen LogP contribution in [0.5, 0.6) is 0 Å². The van der Waals surface area contributed by atoms with Crippen LogP contribution >= 0.6 is 0 Å². The highest BCUT2D eigenvalue weighted by molar-refractivity contribution is 5.87. The number of piperazine rings is 1. The van der Waals surface area contributed by atoms with Crippen LogP contribution in [0.1, 0.15) is 12.5 Å². The van der Waals surface area contributed by atoms with E-state index in [9.17, 15) is 14.0 Å². The average molecular weight is 329 g/mol. The van der Waals surface area contributed by atoms with Crippen molar-refractivity contribution in [3.8, 4) is 11.8 Å². The minimum absolute atomic E-state index is 0.117. The molecule has 126 valence electrons. The van der Waals surface area contributed by atoms with Crippen LogP contribution in [0, 0.1) is 17.7 Å². The number of rotatable bonds is 2. The summed E-state index contributed by atoms with van der Waals surface area (Å²) < 4.78 is 12.8. The fraction of sp³-hybridized carbons (Fsp3) is 0.333. The van der Waals surface area contributed by atoms with Crippen LogP contribution in [0.2, 0.25) is 0 Å². The summed E-state index contributed by atoms with van der Waals surface area (Å²) in [4.78, 5) is 27.0. The van der Waals surface area contributed by atoms with Gasteiger partial charge in [-0.15, -0.1) is 0 Å². The Morgan fingerprint density at radius 2 is 1.79 bits per heavy atom. The van der Waals surface area contributed by atoms with Gasteiger partial charge >= 0.3 is 6.03 Å². The number of hydrogen-bond acceptors (Lipinski definition) is 2. The third kappa shape index (κ3) is 4.85. The number of carbonyl (C=O) groups excluding carboxylic acids is 2. The Morgan fingerprint density at radius 3 is 2.38 bits per heavy atom. The molecule has 0 radical (unpaired) electrons. The van der Waals surface area contributed by atoms with Crippen molar-refractivity contribution in [3.05, 3.63) is 48.3 Å². The van der Waals surface area contributed by atoms with Crippen LogP contribution in [-0.4, -0.2) is 54.0 Å². The maximum Gasteiger partial charge on any atom is 0.318 e. The number of hydrogen-bond donors (Lipinski definition) is 1. The highest BCUT2D eigenvalue weighted by atomic mass is 19.1. The highest BCUT2D eigenvalue weighted by Crippen LogP contribution is 2.04. The van der Waals surface area contributed by atoms with E-state index in [1.807, 2.05) is 0 Å². The van der Waals surface area contributed by atoms with Gasteiger partial charge in [-0.2, -0.15) is 0 Å². The van der Waals surface area contributed by atoms with E-state index in [0.29, 0.717) is 31.7 Å². The third-order valence-corrected chi connectivity index (χ3v) is 3.67. The van der Waals surface area contributed by atoms with Gasteiger partial charge < -0.3 is 15.1 Å². The number of benzene rings is 1. The van der Waals surface area contributed by atoms with E-state index in [2.05, 4.69) is 23.7 Å². The summed E-state index contributed by atoms with van der Waals surface area (Å²) in [6.45, 7) is 7.18. The first-order chi connectivity index (χ1) is 11.5. The van der Waals surface area contributed by atoms with Crippen molar-refractivity contribution >= 4 is 11.9 Å². The van der Waals surface area contributed by atoms with Crippen molar-refractivity contribution < 1.29 is 14.0 Å². The molecule has 1 fully saturated rings. The van der Waals surface area contributed by atoms with Crippen molar-refractivity contribution in [2.24, 2.45) is 0 Å². The second kappa shape index (κ2) is 8.16. The molecule has 1 N–H and O–H groups in total. The van der Waals surface area contributed by atoms with Gasteiger partial charge in [-0.3, -0.25) is 4.79 Å². The van der Waals surface area contributed by atoms with E-state index in [1.54, 1.807) is 28.9 Å². The van der Waals surface area contributed by atoms with Crippen LogP contribution in [0.15, 0.2) is 36.9 Å². The normalized spacial score (nSPS) is 15.1. The Morgan fingerprint density at radius 1 is 1.21 bits per heavy atom. The highest BCUT2D eigenvalue weighted by Gasteiger charge is 2.23. The van der Waals surface area contributed by atoms with E-state index >= 15 is 0 Å². The van der Waals surface area contributed by atoms with Gasteiger partial charge in [0.1, 0.15) is 5.82 Å². The zero-order chi connectivity index (χ0) is 17.5. The summed E-state index contributed by atoms with van der Waals surface area (Å²) in [6, 6.07) is 5.32. The van der Waals surface area contributed by atoms with Gasteiger partial charge in [0.25, 0.3) is 0 Å². The maximum absolute atomic E-state index is 12.8. The predicted octanol–water partition coefficient (Wildman–Crippen LogP) is 1.61. The second-order valence-corrected chi connectivity index (χ2v) is 5.46. The molecule has 1 aliphatic heterocycles. The number of amides is 3. The average Bonchev–Trinajstić information content (AvgIpc) is 2.60. The quantitative estimate of drug-likeness (QED) is 0.662. The second-order valence-electron chi connectivity index (χ2n) is 5.46. The largest absolute Gasteiger partial charge is 0.336 e. The number of nitrogens with one attached hydrogen (secondary N) is 1. The van der Waals surface area contributed by atoms with Gasteiger partial charge in [-0.1, -0.05) is 18.4 Å². The number of nitrogens with zero attached hydrogens (tertiary/aromatic N) is 2. The zero-order valence-electron chi connectivity index (χ0n) is 13.6. The van der Waals surface area contributed by atoms with Crippen LogP contribution < -0.4 is 5.32 Å². The minimum atomic E-state index is -0.338. The fourth-order valence-corrected chi connectivity index (χ4v) is 2.30. The molecule has 0 aliphatic carbocycles. The molecule has 3 amide bonds. The van der Waals surface area contributed by atoms with Crippen LogP contribution in [0.4, 0.5) is 9.18 Å². The molecule has 1 aromatic rings. The molecule has 0 spiro atoms. The van der Waals surface area contributed by atoms with Gasteiger partial charge in [-0.05, 0) is 37.3 Å². The monoisotopic (exact) mass is 329 g/mol. The van der Waals surface area contributed by atoms with Crippen molar-refractivity contribution in [1.29, 1.82) is 0 Å². The molecule has 1 aliphatic rings. The standard InChI is InChI=1S/C18H20FN3O2/c1-3-17(23)21-10-12-22(13-11-21)18(24)20-14(2)4-5-15-6-8-16(19)9-7-15/h3,6-9,14H,1,10-13H2,2H3,(H,20,24). The van der Waals surface area contributed by atoms with E-state index in [1.165, 1.54) is 18.2 Å². The lowest BCUT2D eigenvalue weighted by molar-refractivity contribution is -0.127. The number of urea groups is 1. The molecule has 24 heavy (non-hydrogen) atoms. The molecule has 5 nitrogen and oxygen atoms in total. The number of carbonyl (C=O) groups is 2. The molecule has 1 atom stereocenters. The Labute approximate surface area is 141 Å². The summed E-state index contributed by atoms with van der Waals surface area (Å²) >= 11 is 0. The molecule has 0 saturated carbocycles. The van der Waals surface area contributed by atoms with Gasteiger partial charge in [0.05, 0.1) is 6.04 Å². The van der Waals surface area contributed by atoms with E-state index in [4.69, 9.17) is 0 Å². The first-order valence-electron chi connectivity index (χ1n) is 7.73. The maximum atomic E-state index is 12.8. The molecule has 0 bridgehead atoms. The van der Waals surface area contributed by atoms with Gasteiger partial charge in [0.2, 0.25) is 5.91 Å². The molecular formula is C18H20FN3O2. The Hall–Kier alpha value is -2.81. The van der Waals surface area contributed by atoms with E-state index in [0.717, 1.165) is 0 Å². The Kier molecular flexibility index (Phi) is 5.96. The van der Waals surface area contributed by atoms with E-state index in [-0.39, 0.29) is 23.8 Å². The number of halogens is 1. The van der Waals surface area contributed by atoms with Crippen LogP contribution in [-0.2, 0) is 4.79 Å².